The van der Waals surface area contributed by atoms with E-state index < -0.39 is 0 Å². The molecule has 0 saturated carbocycles. The monoisotopic (exact) mass is 436 g/mol. The molecular weight excluding hydrogens is 414 g/mol. The molecule has 2 atom stereocenters. The summed E-state index contributed by atoms with van der Waals surface area (Å²) >= 11 is 12.4. The minimum atomic E-state index is 0. The fourth-order valence-electron chi connectivity index (χ4n) is 3.66. The van der Waals surface area contributed by atoms with Crippen LogP contribution in [0.5, 0.6) is 5.75 Å². The van der Waals surface area contributed by atoms with Crippen molar-refractivity contribution in [2.75, 3.05) is 13.7 Å². The van der Waals surface area contributed by atoms with E-state index in [0.717, 1.165) is 52.7 Å². The van der Waals surface area contributed by atoms with E-state index in [0.29, 0.717) is 5.92 Å². The lowest BCUT2D eigenvalue weighted by Crippen LogP contribution is -2.44. The van der Waals surface area contributed by atoms with E-state index in [4.69, 9.17) is 33.8 Å². The molecule has 26 heavy (non-hydrogen) atoms. The number of rotatable bonds is 4. The van der Waals surface area contributed by atoms with Crippen molar-refractivity contribution in [3.05, 3.63) is 63.6 Å². The van der Waals surface area contributed by atoms with Gasteiger partial charge in [-0.3, -0.25) is 5.84 Å². The van der Waals surface area contributed by atoms with Crippen molar-refractivity contribution >= 4 is 48.0 Å². The summed E-state index contributed by atoms with van der Waals surface area (Å²) in [6.45, 7) is 0.889. The number of nitrogens with zero attached hydrogens (tertiary/aromatic N) is 1. The van der Waals surface area contributed by atoms with Gasteiger partial charge in [0.25, 0.3) is 0 Å². The molecule has 2 N–H and O–H groups in total. The Hall–Kier alpha value is -0.680. The summed E-state index contributed by atoms with van der Waals surface area (Å²) in [5.74, 6) is 7.60. The molecule has 7 heteroatoms. The number of ether oxygens (including phenoxy) is 1. The number of hydrogen-bond donors (Lipinski definition) is 1. The number of hydrazine groups is 1. The summed E-state index contributed by atoms with van der Waals surface area (Å²) in [6, 6.07) is 13.9. The molecule has 1 heterocycles. The van der Waals surface area contributed by atoms with Crippen LogP contribution in [0, 0.1) is 5.92 Å². The fourth-order valence-corrected chi connectivity index (χ4v) is 4.05. The molecule has 1 saturated heterocycles. The average molecular weight is 438 g/mol. The highest BCUT2D eigenvalue weighted by atomic mass is 35.5. The molecule has 2 aromatic carbocycles. The predicted molar refractivity (Wildman–Crippen MR) is 114 cm³/mol. The van der Waals surface area contributed by atoms with Gasteiger partial charge in [-0.2, -0.15) is 0 Å². The molecule has 1 aliphatic heterocycles. The van der Waals surface area contributed by atoms with E-state index in [1.807, 2.05) is 41.4 Å². The van der Waals surface area contributed by atoms with Crippen LogP contribution in [0.25, 0.3) is 0 Å². The van der Waals surface area contributed by atoms with Crippen LogP contribution in [0.4, 0.5) is 0 Å². The van der Waals surface area contributed by atoms with Gasteiger partial charge in [-0.25, -0.2) is 5.01 Å². The lowest BCUT2D eigenvalue weighted by Gasteiger charge is -2.39. The second-order valence-corrected chi connectivity index (χ2v) is 7.17. The molecule has 3 nitrogen and oxygen atoms in total. The third kappa shape index (κ3) is 5.41. The van der Waals surface area contributed by atoms with Gasteiger partial charge in [0, 0.05) is 16.6 Å². The first-order valence-corrected chi connectivity index (χ1v) is 8.93. The Morgan fingerprint density at radius 3 is 2.54 bits per heavy atom. The molecule has 1 fully saturated rings. The van der Waals surface area contributed by atoms with Gasteiger partial charge in [0.1, 0.15) is 5.75 Å². The van der Waals surface area contributed by atoms with Gasteiger partial charge >= 0.3 is 0 Å². The lowest BCUT2D eigenvalue weighted by molar-refractivity contribution is 0.0923. The third-order valence-electron chi connectivity index (χ3n) is 4.71. The molecule has 1 aliphatic rings. The first kappa shape index (κ1) is 23.4. The van der Waals surface area contributed by atoms with E-state index in [9.17, 15) is 0 Å². The number of piperidine rings is 1. The highest BCUT2D eigenvalue weighted by molar-refractivity contribution is 6.30. The predicted octanol–water partition coefficient (Wildman–Crippen LogP) is 5.72. The first-order valence-electron chi connectivity index (χ1n) is 8.17. The van der Waals surface area contributed by atoms with Gasteiger partial charge in [-0.1, -0.05) is 35.3 Å². The summed E-state index contributed by atoms with van der Waals surface area (Å²) in [5.41, 5.74) is 2.29. The maximum absolute atomic E-state index is 6.34. The van der Waals surface area contributed by atoms with Crippen LogP contribution in [-0.4, -0.2) is 18.7 Å². The normalized spacial score (nSPS) is 20.0. The summed E-state index contributed by atoms with van der Waals surface area (Å²) in [4.78, 5) is 0. The molecule has 2 aromatic rings. The van der Waals surface area contributed by atoms with Crippen LogP contribution in [0.1, 0.15) is 30.0 Å². The minimum absolute atomic E-state index is 0. The molecule has 3 rings (SSSR count). The number of halogens is 4. The van der Waals surface area contributed by atoms with Crippen molar-refractivity contribution in [3.63, 3.8) is 0 Å². The number of nitrogens with two attached hydrogens (primary N) is 1. The minimum Gasteiger partial charge on any atom is -0.496 e. The summed E-state index contributed by atoms with van der Waals surface area (Å²) < 4.78 is 5.50. The van der Waals surface area contributed by atoms with Crippen molar-refractivity contribution < 1.29 is 4.74 Å². The molecule has 0 amide bonds. The summed E-state index contributed by atoms with van der Waals surface area (Å²) in [6.07, 6.45) is 3.07. The van der Waals surface area contributed by atoms with Crippen LogP contribution < -0.4 is 10.6 Å². The molecule has 144 valence electrons. The highest BCUT2D eigenvalue weighted by Crippen LogP contribution is 2.38. The maximum Gasteiger partial charge on any atom is 0.122 e. The van der Waals surface area contributed by atoms with Crippen molar-refractivity contribution in [3.8, 4) is 5.75 Å². The molecule has 0 radical (unpaired) electrons. The van der Waals surface area contributed by atoms with Crippen LogP contribution >= 0.6 is 48.0 Å². The zero-order valence-corrected chi connectivity index (χ0v) is 17.7. The van der Waals surface area contributed by atoms with Crippen molar-refractivity contribution in [2.45, 2.75) is 25.3 Å². The molecule has 0 bridgehead atoms. The van der Waals surface area contributed by atoms with Gasteiger partial charge in [0.05, 0.1) is 13.2 Å². The second kappa shape index (κ2) is 10.6. The van der Waals surface area contributed by atoms with Gasteiger partial charge in [0.15, 0.2) is 0 Å². The van der Waals surface area contributed by atoms with Crippen molar-refractivity contribution in [1.29, 1.82) is 0 Å². The summed E-state index contributed by atoms with van der Waals surface area (Å²) in [7, 11) is 1.69. The smallest absolute Gasteiger partial charge is 0.122 e. The van der Waals surface area contributed by atoms with Crippen LogP contribution in [0.3, 0.4) is 0 Å². The number of hydrogen-bond acceptors (Lipinski definition) is 3. The topological polar surface area (TPSA) is 38.5 Å². The largest absolute Gasteiger partial charge is 0.496 e. The molecule has 0 aromatic heterocycles. The Kier molecular flexibility index (Phi) is 9.53. The van der Waals surface area contributed by atoms with E-state index in [1.54, 1.807) is 7.11 Å². The van der Waals surface area contributed by atoms with Gasteiger partial charge in [0.2, 0.25) is 0 Å². The molecule has 2 unspecified atom stereocenters. The lowest BCUT2D eigenvalue weighted by atomic mass is 9.81. The second-order valence-electron chi connectivity index (χ2n) is 6.30. The Balaban J connectivity index is 0.00000169. The zero-order chi connectivity index (χ0) is 17.1. The Labute approximate surface area is 177 Å². The molecule has 0 aliphatic carbocycles. The third-order valence-corrected chi connectivity index (χ3v) is 5.18. The maximum atomic E-state index is 6.34. The van der Waals surface area contributed by atoms with E-state index in [-0.39, 0.29) is 30.9 Å². The highest BCUT2D eigenvalue weighted by Gasteiger charge is 2.32. The fraction of sp³-hybridized carbons (Fsp3) is 0.368. The number of benzene rings is 2. The SMILES string of the molecule is COc1ccc(Cl)cc1CC1CCCN(N)C1c1cccc(Cl)c1.Cl.Cl. The standard InChI is InChI=1S/C19H22Cl2N2O.2ClH/c1-24-18-8-7-17(21)12-15(18)10-13-5-3-9-23(22)19(13)14-4-2-6-16(20)11-14;;/h2,4,6-8,11-13,19H,3,5,9-10,22H2,1H3;2*1H. The van der Waals surface area contributed by atoms with Crippen molar-refractivity contribution in [2.24, 2.45) is 11.8 Å². The van der Waals surface area contributed by atoms with Crippen LogP contribution in [-0.2, 0) is 6.42 Å². The zero-order valence-electron chi connectivity index (χ0n) is 14.5. The first-order chi connectivity index (χ1) is 11.6. The summed E-state index contributed by atoms with van der Waals surface area (Å²) in [5, 5.41) is 3.41. The molecular formula is C19H24Cl4N2O. The van der Waals surface area contributed by atoms with Crippen LogP contribution in [0.2, 0.25) is 10.0 Å². The quantitative estimate of drug-likeness (QED) is 0.622. The van der Waals surface area contributed by atoms with E-state index >= 15 is 0 Å². The van der Waals surface area contributed by atoms with Gasteiger partial charge in [-0.15, -0.1) is 24.8 Å². The molecule has 0 spiro atoms. The Morgan fingerprint density at radius 2 is 1.85 bits per heavy atom. The van der Waals surface area contributed by atoms with E-state index in [2.05, 4.69) is 6.07 Å². The number of methoxy groups -OCH3 is 1. The Bertz CT molecular complexity index is 714. The van der Waals surface area contributed by atoms with Gasteiger partial charge in [-0.05, 0) is 66.6 Å². The van der Waals surface area contributed by atoms with E-state index in [1.165, 1.54) is 0 Å². The van der Waals surface area contributed by atoms with Crippen molar-refractivity contribution in [1.82, 2.24) is 5.01 Å². The van der Waals surface area contributed by atoms with Crippen LogP contribution in [0.15, 0.2) is 42.5 Å². The van der Waals surface area contributed by atoms with Gasteiger partial charge < -0.3 is 4.74 Å². The Morgan fingerprint density at radius 1 is 1.12 bits per heavy atom. The average Bonchev–Trinajstić information content (AvgIpc) is 2.55.